The third-order valence-corrected chi connectivity index (χ3v) is 7.00. The van der Waals surface area contributed by atoms with E-state index >= 15 is 0 Å². The first-order chi connectivity index (χ1) is 13.8. The van der Waals surface area contributed by atoms with Crippen LogP contribution in [0.4, 0.5) is 0 Å². The van der Waals surface area contributed by atoms with Gasteiger partial charge in [-0.3, -0.25) is 4.79 Å². The molecular formula is C20H19ClN2O5S. The van der Waals surface area contributed by atoms with Crippen molar-refractivity contribution in [3.8, 4) is 0 Å². The fraction of sp³-hybridized carbons (Fsp3) is 0.300. The van der Waals surface area contributed by atoms with Crippen LogP contribution in [0.5, 0.6) is 0 Å². The van der Waals surface area contributed by atoms with Crippen LogP contribution in [0.2, 0.25) is 5.02 Å². The van der Waals surface area contributed by atoms with E-state index < -0.39 is 15.6 Å². The van der Waals surface area contributed by atoms with Crippen LogP contribution in [-0.2, 0) is 25.2 Å². The Kier molecular flexibility index (Phi) is 5.10. The highest BCUT2D eigenvalue weighted by atomic mass is 35.5. The molecule has 2 aliphatic heterocycles. The number of hydrogen-bond donors (Lipinski definition) is 1. The molecule has 2 aliphatic rings. The number of carbonyl (C=O) groups excluding carboxylic acids is 2. The van der Waals surface area contributed by atoms with Gasteiger partial charge < -0.3 is 9.64 Å². The molecule has 29 heavy (non-hydrogen) atoms. The summed E-state index contributed by atoms with van der Waals surface area (Å²) in [5.41, 5.74) is 0.727. The first kappa shape index (κ1) is 19.9. The number of hydrogen-bond acceptors (Lipinski definition) is 5. The number of nitrogens with one attached hydrogen (secondary N) is 1. The number of benzene rings is 2. The maximum Gasteiger partial charge on any atom is 0.339 e. The average Bonchev–Trinajstić information content (AvgIpc) is 2.99. The monoisotopic (exact) mass is 434 g/mol. The van der Waals surface area contributed by atoms with E-state index in [4.69, 9.17) is 16.3 Å². The number of sulfonamides is 1. The lowest BCUT2D eigenvalue weighted by atomic mass is 9.84. The molecule has 152 valence electrons. The zero-order chi connectivity index (χ0) is 20.6. The average molecular weight is 435 g/mol. The van der Waals surface area contributed by atoms with Gasteiger partial charge >= 0.3 is 5.97 Å². The number of carbonyl (C=O) groups is 2. The van der Waals surface area contributed by atoms with Crippen molar-refractivity contribution < 1.29 is 22.7 Å². The second kappa shape index (κ2) is 7.44. The van der Waals surface area contributed by atoms with Crippen molar-refractivity contribution in [3.63, 3.8) is 0 Å². The predicted octanol–water partition coefficient (Wildman–Crippen LogP) is 2.31. The molecule has 0 aromatic heterocycles. The summed E-state index contributed by atoms with van der Waals surface area (Å²) in [4.78, 5) is 26.2. The number of piperidine rings is 1. The van der Waals surface area contributed by atoms with E-state index in [2.05, 4.69) is 4.72 Å². The van der Waals surface area contributed by atoms with Gasteiger partial charge in [0.1, 0.15) is 5.60 Å². The molecule has 1 spiro atoms. The summed E-state index contributed by atoms with van der Waals surface area (Å²) >= 11 is 5.84. The molecular weight excluding hydrogens is 416 g/mol. The number of halogens is 1. The molecule has 0 radical (unpaired) electrons. The minimum atomic E-state index is -3.84. The van der Waals surface area contributed by atoms with Gasteiger partial charge in [-0.25, -0.2) is 17.9 Å². The molecule has 0 bridgehead atoms. The van der Waals surface area contributed by atoms with Crippen LogP contribution in [0, 0.1) is 0 Å². The van der Waals surface area contributed by atoms with E-state index in [0.717, 1.165) is 5.56 Å². The quantitative estimate of drug-likeness (QED) is 0.745. The summed E-state index contributed by atoms with van der Waals surface area (Å²) in [5.74, 6) is -0.669. The molecule has 1 fully saturated rings. The Morgan fingerprint density at radius 1 is 1.14 bits per heavy atom. The number of esters is 1. The summed E-state index contributed by atoms with van der Waals surface area (Å²) in [6.07, 6.45) is 0.949. The number of amides is 1. The molecule has 2 heterocycles. The van der Waals surface area contributed by atoms with Gasteiger partial charge in [-0.15, -0.1) is 0 Å². The molecule has 4 rings (SSSR count). The predicted molar refractivity (Wildman–Crippen MR) is 106 cm³/mol. The van der Waals surface area contributed by atoms with Gasteiger partial charge in [0.2, 0.25) is 15.9 Å². The first-order valence-electron chi connectivity index (χ1n) is 9.17. The summed E-state index contributed by atoms with van der Waals surface area (Å²) in [6, 6.07) is 13.1. The van der Waals surface area contributed by atoms with E-state index in [-0.39, 0.29) is 23.3 Å². The van der Waals surface area contributed by atoms with Crippen molar-refractivity contribution >= 4 is 33.5 Å². The second-order valence-electron chi connectivity index (χ2n) is 7.09. The van der Waals surface area contributed by atoms with Gasteiger partial charge in [-0.2, -0.15) is 0 Å². The van der Waals surface area contributed by atoms with Gasteiger partial charge in [0.05, 0.1) is 17.0 Å². The highest BCUT2D eigenvalue weighted by Crippen LogP contribution is 2.43. The second-order valence-corrected chi connectivity index (χ2v) is 9.30. The van der Waals surface area contributed by atoms with E-state index in [1.54, 1.807) is 23.1 Å². The van der Waals surface area contributed by atoms with Crippen molar-refractivity contribution in [2.75, 3.05) is 19.6 Å². The highest BCUT2D eigenvalue weighted by Gasteiger charge is 2.47. The minimum absolute atomic E-state index is 0.00451. The molecule has 2 aromatic carbocycles. The SMILES string of the molecule is O=C1OC2(CCN(C(=O)CNS(=O)(=O)c3cccc(Cl)c3)CC2)c2ccccc21. The molecule has 1 saturated heterocycles. The number of rotatable bonds is 4. The Morgan fingerprint density at radius 2 is 1.86 bits per heavy atom. The van der Waals surface area contributed by atoms with Gasteiger partial charge in [-0.05, 0) is 24.3 Å². The van der Waals surface area contributed by atoms with Gasteiger partial charge in [0, 0.05) is 36.5 Å². The molecule has 0 aliphatic carbocycles. The van der Waals surface area contributed by atoms with Gasteiger partial charge in [0.15, 0.2) is 0 Å². The maximum absolute atomic E-state index is 12.5. The molecule has 0 unspecified atom stereocenters. The van der Waals surface area contributed by atoms with Crippen molar-refractivity contribution in [2.45, 2.75) is 23.3 Å². The molecule has 1 N–H and O–H groups in total. The standard InChI is InChI=1S/C20H19ClN2O5S/c21-14-4-3-5-15(12-14)29(26,27)22-13-18(24)23-10-8-20(9-11-23)17-7-2-1-6-16(17)19(25)28-20/h1-7,12,22H,8-11,13H2. The largest absolute Gasteiger partial charge is 0.450 e. The molecule has 0 saturated carbocycles. The molecule has 7 nitrogen and oxygen atoms in total. The Labute approximate surface area is 173 Å². The number of fused-ring (bicyclic) bond motifs is 2. The summed E-state index contributed by atoms with van der Waals surface area (Å²) in [5, 5.41) is 0.298. The fourth-order valence-corrected chi connectivity index (χ4v) is 5.10. The Balaban J connectivity index is 1.38. The van der Waals surface area contributed by atoms with Crippen LogP contribution in [0.3, 0.4) is 0 Å². The normalized spacial score (nSPS) is 17.8. The van der Waals surface area contributed by atoms with Crippen LogP contribution >= 0.6 is 11.6 Å². The smallest absolute Gasteiger partial charge is 0.339 e. The third kappa shape index (κ3) is 3.75. The Morgan fingerprint density at radius 3 is 2.59 bits per heavy atom. The zero-order valence-electron chi connectivity index (χ0n) is 15.4. The van der Waals surface area contributed by atoms with Crippen LogP contribution in [0.25, 0.3) is 0 Å². The van der Waals surface area contributed by atoms with Crippen LogP contribution in [0.15, 0.2) is 53.4 Å². The zero-order valence-corrected chi connectivity index (χ0v) is 17.0. The Bertz CT molecular complexity index is 1080. The van der Waals surface area contributed by atoms with Crippen molar-refractivity contribution in [1.82, 2.24) is 9.62 Å². The number of ether oxygens (including phenoxy) is 1. The first-order valence-corrected chi connectivity index (χ1v) is 11.0. The van der Waals surface area contributed by atoms with Gasteiger partial charge in [0.25, 0.3) is 0 Å². The number of likely N-dealkylation sites (tertiary alicyclic amines) is 1. The fourth-order valence-electron chi connectivity index (χ4n) is 3.82. The van der Waals surface area contributed by atoms with Crippen molar-refractivity contribution in [2.24, 2.45) is 0 Å². The molecule has 2 aromatic rings. The molecule has 0 atom stereocenters. The third-order valence-electron chi connectivity index (χ3n) is 5.37. The van der Waals surface area contributed by atoms with Crippen molar-refractivity contribution in [3.05, 3.63) is 64.7 Å². The van der Waals surface area contributed by atoms with E-state index in [1.807, 2.05) is 12.1 Å². The maximum atomic E-state index is 12.5. The lowest BCUT2D eigenvalue weighted by Crippen LogP contribution is -2.48. The number of nitrogens with zero attached hydrogens (tertiary/aromatic N) is 1. The van der Waals surface area contributed by atoms with E-state index in [0.29, 0.717) is 36.5 Å². The van der Waals surface area contributed by atoms with Crippen LogP contribution < -0.4 is 4.72 Å². The van der Waals surface area contributed by atoms with Crippen LogP contribution in [-0.4, -0.2) is 44.8 Å². The topological polar surface area (TPSA) is 92.8 Å². The molecule has 9 heteroatoms. The summed E-state index contributed by atoms with van der Waals surface area (Å²) in [7, 11) is -3.84. The van der Waals surface area contributed by atoms with E-state index in [1.165, 1.54) is 18.2 Å². The van der Waals surface area contributed by atoms with Gasteiger partial charge in [-0.1, -0.05) is 35.9 Å². The molecule has 1 amide bonds. The minimum Gasteiger partial charge on any atom is -0.450 e. The summed E-state index contributed by atoms with van der Waals surface area (Å²) < 4.78 is 32.7. The lowest BCUT2D eigenvalue weighted by molar-refractivity contribution is -0.134. The summed E-state index contributed by atoms with van der Waals surface area (Å²) in [6.45, 7) is 0.400. The Hall–Kier alpha value is -2.42. The highest BCUT2D eigenvalue weighted by molar-refractivity contribution is 7.89. The van der Waals surface area contributed by atoms with Crippen LogP contribution in [0.1, 0.15) is 28.8 Å². The van der Waals surface area contributed by atoms with Crippen molar-refractivity contribution in [1.29, 1.82) is 0 Å². The lowest BCUT2D eigenvalue weighted by Gasteiger charge is -2.38. The van der Waals surface area contributed by atoms with E-state index in [9.17, 15) is 18.0 Å².